The van der Waals surface area contributed by atoms with E-state index in [9.17, 15) is 4.79 Å². The van der Waals surface area contributed by atoms with E-state index in [1.807, 2.05) is 30.1 Å². The average molecular weight is 300 g/mol. The highest BCUT2D eigenvalue weighted by atomic mass is 16.2. The molecule has 0 aliphatic carbocycles. The zero-order valence-electron chi connectivity index (χ0n) is 13.4. The number of likely N-dealkylation sites (tertiary alicyclic amines) is 1. The van der Waals surface area contributed by atoms with Gasteiger partial charge in [-0.3, -0.25) is 4.79 Å². The Labute approximate surface area is 131 Å². The minimum Gasteiger partial charge on any atom is -0.332 e. The molecule has 1 saturated heterocycles. The van der Waals surface area contributed by atoms with Gasteiger partial charge in [-0.2, -0.15) is 0 Å². The van der Waals surface area contributed by atoms with Crippen LogP contribution in [-0.4, -0.2) is 40.5 Å². The number of hydrogen-bond acceptors (Lipinski definition) is 3. The van der Waals surface area contributed by atoms with Crippen LogP contribution in [0.5, 0.6) is 0 Å². The number of nitrogens with zero attached hydrogens (tertiary/aromatic N) is 3. The molecule has 2 heterocycles. The van der Waals surface area contributed by atoms with Gasteiger partial charge in [0.2, 0.25) is 5.91 Å². The van der Waals surface area contributed by atoms with Gasteiger partial charge in [0.25, 0.3) is 0 Å². The van der Waals surface area contributed by atoms with Crippen molar-refractivity contribution < 1.29 is 4.79 Å². The molecular formula is C17H24N4O. The molecule has 118 valence electrons. The van der Waals surface area contributed by atoms with E-state index in [2.05, 4.69) is 22.9 Å². The molecule has 0 radical (unpaired) electrons. The quantitative estimate of drug-likeness (QED) is 0.922. The molecule has 0 bridgehead atoms. The number of carbonyl (C=O) groups excluding carboxylic acids is 1. The van der Waals surface area contributed by atoms with Crippen LogP contribution in [0.2, 0.25) is 0 Å². The lowest BCUT2D eigenvalue weighted by Crippen LogP contribution is -2.33. The van der Waals surface area contributed by atoms with Crippen molar-refractivity contribution in [3.8, 4) is 0 Å². The molecule has 3 rings (SSSR count). The first-order chi connectivity index (χ1) is 10.8. The Bertz CT molecular complexity index is 664. The van der Waals surface area contributed by atoms with Gasteiger partial charge in [-0.15, -0.1) is 0 Å². The van der Waals surface area contributed by atoms with Crippen molar-refractivity contribution in [3.63, 3.8) is 0 Å². The summed E-state index contributed by atoms with van der Waals surface area (Å²) < 4.78 is 2.25. The number of aromatic nitrogens is 2. The summed E-state index contributed by atoms with van der Waals surface area (Å²) in [6, 6.07) is 8.34. The van der Waals surface area contributed by atoms with Crippen LogP contribution in [0.4, 0.5) is 0 Å². The summed E-state index contributed by atoms with van der Waals surface area (Å²) in [7, 11) is 1.88. The number of imidazole rings is 1. The Hall–Kier alpha value is -1.88. The van der Waals surface area contributed by atoms with E-state index in [4.69, 9.17) is 4.98 Å². The maximum absolute atomic E-state index is 12.5. The second-order valence-electron chi connectivity index (χ2n) is 5.80. The Morgan fingerprint density at radius 1 is 1.41 bits per heavy atom. The van der Waals surface area contributed by atoms with Crippen LogP contribution < -0.4 is 5.32 Å². The normalized spacial score (nSPS) is 18.3. The van der Waals surface area contributed by atoms with Gasteiger partial charge in [0.1, 0.15) is 5.82 Å². The van der Waals surface area contributed by atoms with Crippen LogP contribution in [0.1, 0.15) is 38.1 Å². The van der Waals surface area contributed by atoms with E-state index < -0.39 is 0 Å². The molecule has 1 atom stereocenters. The van der Waals surface area contributed by atoms with Gasteiger partial charge in [0.05, 0.1) is 17.1 Å². The fraction of sp³-hybridized carbons (Fsp3) is 0.529. The predicted octanol–water partition coefficient (Wildman–Crippen LogP) is 2.33. The molecule has 0 spiro atoms. The molecule has 1 aromatic heterocycles. The molecule has 1 amide bonds. The van der Waals surface area contributed by atoms with Gasteiger partial charge in [0.15, 0.2) is 0 Å². The number of para-hydroxylation sites is 2. The van der Waals surface area contributed by atoms with Gasteiger partial charge in [0, 0.05) is 26.1 Å². The van der Waals surface area contributed by atoms with Crippen molar-refractivity contribution in [2.45, 2.75) is 38.8 Å². The molecule has 22 heavy (non-hydrogen) atoms. The number of amides is 1. The molecular weight excluding hydrogens is 276 g/mol. The monoisotopic (exact) mass is 300 g/mol. The molecule has 0 saturated carbocycles. The highest BCUT2D eigenvalue weighted by Gasteiger charge is 2.33. The summed E-state index contributed by atoms with van der Waals surface area (Å²) in [5.74, 6) is 1.27. The molecule has 5 heteroatoms. The fourth-order valence-corrected chi connectivity index (χ4v) is 3.39. The van der Waals surface area contributed by atoms with E-state index in [0.29, 0.717) is 6.42 Å². The second kappa shape index (κ2) is 6.48. The molecule has 5 nitrogen and oxygen atoms in total. The lowest BCUT2D eigenvalue weighted by Gasteiger charge is -2.25. The first-order valence-corrected chi connectivity index (χ1v) is 8.15. The molecule has 1 N–H and O–H groups in total. The van der Waals surface area contributed by atoms with E-state index >= 15 is 0 Å². The smallest absolute Gasteiger partial charge is 0.224 e. The van der Waals surface area contributed by atoms with Crippen molar-refractivity contribution in [2.24, 2.45) is 0 Å². The van der Waals surface area contributed by atoms with Crippen LogP contribution in [0.25, 0.3) is 11.0 Å². The first-order valence-electron chi connectivity index (χ1n) is 8.15. The molecule has 1 unspecified atom stereocenters. The Morgan fingerprint density at radius 2 is 2.23 bits per heavy atom. The Balaban J connectivity index is 1.93. The van der Waals surface area contributed by atoms with E-state index in [1.54, 1.807) is 0 Å². The minimum atomic E-state index is 0.122. The average Bonchev–Trinajstić information content (AvgIpc) is 3.15. The summed E-state index contributed by atoms with van der Waals surface area (Å²) in [6.07, 6.45) is 2.62. The van der Waals surface area contributed by atoms with Crippen molar-refractivity contribution in [2.75, 3.05) is 20.1 Å². The van der Waals surface area contributed by atoms with Crippen molar-refractivity contribution in [3.05, 3.63) is 30.1 Å². The largest absolute Gasteiger partial charge is 0.332 e. The summed E-state index contributed by atoms with van der Waals surface area (Å²) in [5, 5.41) is 3.05. The number of carbonyl (C=O) groups is 1. The van der Waals surface area contributed by atoms with Crippen LogP contribution in [0.3, 0.4) is 0 Å². The van der Waals surface area contributed by atoms with Crippen molar-refractivity contribution in [1.29, 1.82) is 0 Å². The molecule has 2 aromatic rings. The topological polar surface area (TPSA) is 50.2 Å². The van der Waals surface area contributed by atoms with Crippen LogP contribution in [-0.2, 0) is 11.3 Å². The predicted molar refractivity (Wildman–Crippen MR) is 87.6 cm³/mol. The highest BCUT2D eigenvalue weighted by Crippen LogP contribution is 2.33. The first kappa shape index (κ1) is 15.0. The number of fused-ring (bicyclic) bond motifs is 1. The lowest BCUT2D eigenvalue weighted by molar-refractivity contribution is -0.132. The number of nitrogens with one attached hydrogen (secondary N) is 1. The standard InChI is InChI=1S/C17H24N4O/c1-3-20-14-8-5-4-7-13(14)19-17(20)15-9-6-12-21(15)16(22)10-11-18-2/h4-5,7-8,15,18H,3,6,9-12H2,1-2H3. The summed E-state index contributed by atoms with van der Waals surface area (Å²) in [4.78, 5) is 19.3. The van der Waals surface area contributed by atoms with E-state index in [-0.39, 0.29) is 11.9 Å². The fourth-order valence-electron chi connectivity index (χ4n) is 3.39. The van der Waals surface area contributed by atoms with E-state index in [1.165, 1.54) is 0 Å². The zero-order valence-corrected chi connectivity index (χ0v) is 13.4. The molecule has 1 aliphatic heterocycles. The zero-order chi connectivity index (χ0) is 15.5. The third-order valence-corrected chi connectivity index (χ3v) is 4.46. The molecule has 1 fully saturated rings. The molecule has 1 aromatic carbocycles. The Morgan fingerprint density at radius 3 is 3.00 bits per heavy atom. The minimum absolute atomic E-state index is 0.122. The Kier molecular flexibility index (Phi) is 4.43. The second-order valence-corrected chi connectivity index (χ2v) is 5.80. The maximum Gasteiger partial charge on any atom is 0.224 e. The summed E-state index contributed by atoms with van der Waals surface area (Å²) >= 11 is 0. The number of rotatable bonds is 5. The molecule has 1 aliphatic rings. The van der Waals surface area contributed by atoms with E-state index in [0.717, 1.165) is 49.3 Å². The van der Waals surface area contributed by atoms with Gasteiger partial charge < -0.3 is 14.8 Å². The third-order valence-electron chi connectivity index (χ3n) is 4.46. The number of aryl methyl sites for hydroxylation is 1. The van der Waals surface area contributed by atoms with Gasteiger partial charge in [-0.1, -0.05) is 12.1 Å². The van der Waals surface area contributed by atoms with Crippen LogP contribution >= 0.6 is 0 Å². The highest BCUT2D eigenvalue weighted by molar-refractivity contribution is 5.78. The van der Waals surface area contributed by atoms with Gasteiger partial charge in [-0.25, -0.2) is 4.98 Å². The third kappa shape index (κ3) is 2.61. The van der Waals surface area contributed by atoms with Crippen LogP contribution in [0, 0.1) is 0 Å². The lowest BCUT2D eigenvalue weighted by atomic mass is 10.2. The van der Waals surface area contributed by atoms with Crippen molar-refractivity contribution >= 4 is 16.9 Å². The van der Waals surface area contributed by atoms with Crippen molar-refractivity contribution in [1.82, 2.24) is 19.8 Å². The van der Waals surface area contributed by atoms with Crippen LogP contribution in [0.15, 0.2) is 24.3 Å². The number of hydrogen-bond donors (Lipinski definition) is 1. The summed E-state index contributed by atoms with van der Waals surface area (Å²) in [5.41, 5.74) is 2.18. The SMILES string of the molecule is CCn1c(C2CCCN2C(=O)CCNC)nc2ccccc21. The maximum atomic E-state index is 12.5. The number of benzene rings is 1. The van der Waals surface area contributed by atoms with Gasteiger partial charge in [-0.05, 0) is 38.9 Å². The summed E-state index contributed by atoms with van der Waals surface area (Å²) in [6.45, 7) is 4.59. The van der Waals surface area contributed by atoms with Gasteiger partial charge >= 0.3 is 0 Å².